The van der Waals surface area contributed by atoms with Crippen molar-refractivity contribution in [3.8, 4) is 28.2 Å². The molecular weight excluding hydrogens is 464 g/mol. The molecule has 2 aromatic carbocycles. The first-order valence-electron chi connectivity index (χ1n) is 11.5. The highest BCUT2D eigenvalue weighted by molar-refractivity contribution is 6.07. The smallest absolute Gasteiger partial charge is 0.336 e. The molecule has 0 aromatic heterocycles. The molecule has 0 bridgehead atoms. The SMILES string of the molecule is NCCCCC(NCc1ccc(-c2c3ccc(=O)cc-3oc3cc(O)ccc23)c(C(=O)O)c1)C(=O)O. The van der Waals surface area contributed by atoms with E-state index in [0.717, 1.165) is 6.42 Å². The first-order chi connectivity index (χ1) is 17.3. The molecule has 0 saturated heterocycles. The van der Waals surface area contributed by atoms with Crippen molar-refractivity contribution in [2.75, 3.05) is 6.54 Å². The molecule has 0 fully saturated rings. The first kappa shape index (κ1) is 24.9. The number of rotatable bonds is 10. The highest BCUT2D eigenvalue weighted by Crippen LogP contribution is 2.42. The molecule has 0 radical (unpaired) electrons. The van der Waals surface area contributed by atoms with Crippen molar-refractivity contribution in [3.63, 3.8) is 0 Å². The molecule has 6 N–H and O–H groups in total. The van der Waals surface area contributed by atoms with Gasteiger partial charge >= 0.3 is 11.9 Å². The number of hydrogen-bond acceptors (Lipinski definition) is 7. The Bertz CT molecular complexity index is 1460. The van der Waals surface area contributed by atoms with Crippen LogP contribution in [0.25, 0.3) is 33.4 Å². The largest absolute Gasteiger partial charge is 0.508 e. The predicted molar refractivity (Wildman–Crippen MR) is 134 cm³/mol. The maximum atomic E-state index is 12.3. The number of hydrogen-bond donors (Lipinski definition) is 5. The number of benzene rings is 3. The lowest BCUT2D eigenvalue weighted by molar-refractivity contribution is -0.139. The predicted octanol–water partition coefficient (Wildman–Crippen LogP) is 3.64. The minimum absolute atomic E-state index is 0.0115. The zero-order chi connectivity index (χ0) is 25.8. The van der Waals surface area contributed by atoms with E-state index in [1.54, 1.807) is 24.3 Å². The maximum Gasteiger partial charge on any atom is 0.336 e. The van der Waals surface area contributed by atoms with E-state index >= 15 is 0 Å². The Morgan fingerprint density at radius 1 is 0.972 bits per heavy atom. The lowest BCUT2D eigenvalue weighted by Gasteiger charge is -2.18. The standard InChI is InChI=1S/C27H26N2O7/c28-10-2-1-3-22(27(34)35)29-14-15-4-7-18(21(11-15)26(32)33)25-19-8-5-16(30)12-23(19)36-24-13-17(31)6-9-20(24)25/h4-9,11-13,22,29-30H,1-3,10,14,28H2,(H,32,33)(H,34,35). The van der Waals surface area contributed by atoms with Gasteiger partial charge in [0.2, 0.25) is 0 Å². The summed E-state index contributed by atoms with van der Waals surface area (Å²) in [7, 11) is 0. The van der Waals surface area contributed by atoms with E-state index < -0.39 is 18.0 Å². The summed E-state index contributed by atoms with van der Waals surface area (Å²) in [5.74, 6) is -1.91. The lowest BCUT2D eigenvalue weighted by atomic mass is 9.90. The van der Waals surface area contributed by atoms with Crippen molar-refractivity contribution >= 4 is 22.9 Å². The molecule has 186 valence electrons. The Morgan fingerprint density at radius 2 is 1.75 bits per heavy atom. The fourth-order valence-corrected chi connectivity index (χ4v) is 4.29. The van der Waals surface area contributed by atoms with Crippen molar-refractivity contribution in [2.45, 2.75) is 31.8 Å². The van der Waals surface area contributed by atoms with Gasteiger partial charge in [-0.1, -0.05) is 18.6 Å². The van der Waals surface area contributed by atoms with Gasteiger partial charge in [-0.2, -0.15) is 0 Å². The number of nitrogens with two attached hydrogens (primary N) is 1. The third-order valence-electron chi connectivity index (χ3n) is 6.06. The van der Waals surface area contributed by atoms with Crippen LogP contribution < -0.4 is 16.5 Å². The van der Waals surface area contributed by atoms with Gasteiger partial charge in [-0.25, -0.2) is 4.79 Å². The minimum Gasteiger partial charge on any atom is -0.508 e. The van der Waals surface area contributed by atoms with Crippen LogP contribution in [0.1, 0.15) is 35.2 Å². The van der Waals surface area contributed by atoms with Gasteiger partial charge in [-0.3, -0.25) is 9.59 Å². The Balaban J connectivity index is 1.78. The van der Waals surface area contributed by atoms with Gasteiger partial charge in [0.05, 0.1) is 5.56 Å². The van der Waals surface area contributed by atoms with Gasteiger partial charge in [-0.15, -0.1) is 0 Å². The van der Waals surface area contributed by atoms with Crippen LogP contribution in [-0.2, 0) is 11.3 Å². The number of aromatic carboxylic acids is 1. The number of fused-ring (bicyclic) bond motifs is 2. The van der Waals surface area contributed by atoms with Crippen molar-refractivity contribution in [1.29, 1.82) is 0 Å². The van der Waals surface area contributed by atoms with Crippen LogP contribution in [0.5, 0.6) is 5.75 Å². The number of carboxylic acid groups (broad SMARTS) is 2. The second kappa shape index (κ2) is 10.6. The van der Waals surface area contributed by atoms with E-state index in [9.17, 15) is 29.7 Å². The average molecular weight is 491 g/mol. The van der Waals surface area contributed by atoms with E-state index in [2.05, 4.69) is 5.32 Å². The van der Waals surface area contributed by atoms with Crippen LogP contribution >= 0.6 is 0 Å². The number of phenolic OH excluding ortho intramolecular Hbond substituents is 1. The van der Waals surface area contributed by atoms with Crippen LogP contribution in [0.15, 0.2) is 63.8 Å². The molecule has 1 aliphatic heterocycles. The van der Waals surface area contributed by atoms with Crippen LogP contribution in [0.4, 0.5) is 0 Å². The third-order valence-corrected chi connectivity index (χ3v) is 6.06. The molecule has 1 aliphatic carbocycles. The van der Waals surface area contributed by atoms with Crippen LogP contribution in [0.3, 0.4) is 0 Å². The number of carboxylic acids is 2. The Labute approximate surface area is 206 Å². The lowest BCUT2D eigenvalue weighted by Crippen LogP contribution is -2.36. The van der Waals surface area contributed by atoms with E-state index in [-0.39, 0.29) is 29.0 Å². The van der Waals surface area contributed by atoms with Crippen molar-refractivity contribution in [2.24, 2.45) is 5.73 Å². The molecule has 4 rings (SSSR count). The average Bonchev–Trinajstić information content (AvgIpc) is 2.84. The maximum absolute atomic E-state index is 12.3. The van der Waals surface area contributed by atoms with E-state index in [1.165, 1.54) is 30.3 Å². The van der Waals surface area contributed by atoms with Crippen molar-refractivity contribution in [1.82, 2.24) is 5.32 Å². The molecule has 9 heteroatoms. The molecule has 2 aromatic rings. The molecule has 9 nitrogen and oxygen atoms in total. The summed E-state index contributed by atoms with van der Waals surface area (Å²) in [6, 6.07) is 12.9. The number of aliphatic carboxylic acids is 1. The van der Waals surface area contributed by atoms with Gasteiger partial charge < -0.3 is 30.8 Å². The van der Waals surface area contributed by atoms with Gasteiger partial charge in [0.1, 0.15) is 23.1 Å². The van der Waals surface area contributed by atoms with E-state index in [1.807, 2.05) is 0 Å². The molecule has 0 amide bonds. The molecule has 1 atom stereocenters. The monoisotopic (exact) mass is 490 g/mol. The van der Waals surface area contributed by atoms with Crippen LogP contribution in [0, 0.1) is 0 Å². The summed E-state index contributed by atoms with van der Waals surface area (Å²) in [4.78, 5) is 35.9. The zero-order valence-corrected chi connectivity index (χ0v) is 19.4. The highest BCUT2D eigenvalue weighted by atomic mass is 16.4. The number of phenols is 1. The normalized spacial score (nSPS) is 12.1. The van der Waals surface area contributed by atoms with E-state index in [4.69, 9.17) is 10.2 Å². The van der Waals surface area contributed by atoms with Gasteiger partial charge in [0, 0.05) is 35.2 Å². The number of carbonyl (C=O) groups is 2. The molecule has 1 unspecified atom stereocenters. The number of nitrogens with one attached hydrogen (secondary N) is 1. The van der Waals surface area contributed by atoms with Crippen molar-refractivity contribution < 1.29 is 29.3 Å². The molecule has 0 spiro atoms. The molecule has 2 aliphatic rings. The molecule has 1 heterocycles. The highest BCUT2D eigenvalue weighted by Gasteiger charge is 2.23. The Kier molecular flexibility index (Phi) is 7.33. The number of aromatic hydroxyl groups is 1. The summed E-state index contributed by atoms with van der Waals surface area (Å²) in [5, 5.41) is 33.0. The second-order valence-corrected chi connectivity index (χ2v) is 8.56. The number of unbranched alkanes of at least 4 members (excludes halogenated alkanes) is 1. The van der Waals surface area contributed by atoms with Gasteiger partial charge in [-0.05, 0) is 60.8 Å². The quantitative estimate of drug-likeness (QED) is 0.165. The third kappa shape index (κ3) is 5.22. The Morgan fingerprint density at radius 3 is 2.47 bits per heavy atom. The van der Waals surface area contributed by atoms with Crippen molar-refractivity contribution in [3.05, 3.63) is 75.9 Å². The Hall–Kier alpha value is -4.21. The summed E-state index contributed by atoms with van der Waals surface area (Å²) in [6.07, 6.45) is 1.80. The zero-order valence-electron chi connectivity index (χ0n) is 19.4. The molecule has 36 heavy (non-hydrogen) atoms. The van der Waals surface area contributed by atoms with Crippen LogP contribution in [-0.4, -0.2) is 39.8 Å². The summed E-state index contributed by atoms with van der Waals surface area (Å²) < 4.78 is 5.84. The van der Waals surface area contributed by atoms with Gasteiger partial charge in [0.15, 0.2) is 5.43 Å². The van der Waals surface area contributed by atoms with E-state index in [0.29, 0.717) is 52.6 Å². The molecule has 0 saturated carbocycles. The fourth-order valence-electron chi connectivity index (χ4n) is 4.29. The molecular formula is C27H26N2O7. The summed E-state index contributed by atoms with van der Waals surface area (Å²) >= 11 is 0. The minimum atomic E-state index is -1.16. The van der Waals surface area contributed by atoms with Gasteiger partial charge in [0.25, 0.3) is 0 Å². The summed E-state index contributed by atoms with van der Waals surface area (Å²) in [5.41, 5.74) is 7.64. The summed E-state index contributed by atoms with van der Waals surface area (Å²) in [6.45, 7) is 0.654. The van der Waals surface area contributed by atoms with Crippen LogP contribution in [0.2, 0.25) is 0 Å². The topological polar surface area (TPSA) is 163 Å². The second-order valence-electron chi connectivity index (χ2n) is 8.56. The fraction of sp³-hybridized carbons (Fsp3) is 0.222. The first-order valence-corrected chi connectivity index (χ1v) is 11.5.